The maximum atomic E-state index is 9.51. The second-order valence-corrected chi connectivity index (χ2v) is 6.05. The monoisotopic (exact) mass is 397 g/mol. The summed E-state index contributed by atoms with van der Waals surface area (Å²) in [4.78, 5) is 0. The average molecular weight is 398 g/mol. The Bertz CT molecular complexity index is 604. The maximum Gasteiger partial charge on any atom is 0.102 e. The standard InChI is InChI=1S/C16H13ClINO/c1-20-16(12-2-6-13(17)7-3-12)15(10-19)11-4-8-14(18)9-5-11/h2-9,15-16H,1H3. The van der Waals surface area contributed by atoms with E-state index in [4.69, 9.17) is 16.3 Å². The van der Waals surface area contributed by atoms with Crippen molar-refractivity contribution >= 4 is 34.2 Å². The number of hydrogen-bond acceptors (Lipinski definition) is 2. The Morgan fingerprint density at radius 2 is 1.60 bits per heavy atom. The Hall–Kier alpha value is -1.09. The quantitative estimate of drug-likeness (QED) is 0.685. The van der Waals surface area contributed by atoms with Gasteiger partial charge in [-0.15, -0.1) is 0 Å². The first kappa shape index (κ1) is 15.3. The molecule has 0 aliphatic heterocycles. The lowest BCUT2D eigenvalue weighted by Crippen LogP contribution is -2.12. The maximum absolute atomic E-state index is 9.51. The summed E-state index contributed by atoms with van der Waals surface area (Å²) in [6, 6.07) is 17.7. The van der Waals surface area contributed by atoms with Crippen LogP contribution in [0.5, 0.6) is 0 Å². The van der Waals surface area contributed by atoms with Gasteiger partial charge in [-0.3, -0.25) is 0 Å². The smallest absolute Gasteiger partial charge is 0.102 e. The fraction of sp³-hybridized carbons (Fsp3) is 0.188. The van der Waals surface area contributed by atoms with Gasteiger partial charge in [-0.25, -0.2) is 0 Å². The molecule has 2 atom stereocenters. The number of rotatable bonds is 4. The van der Waals surface area contributed by atoms with Crippen LogP contribution < -0.4 is 0 Å². The number of hydrogen-bond donors (Lipinski definition) is 0. The molecule has 2 nitrogen and oxygen atoms in total. The first-order valence-corrected chi connectivity index (χ1v) is 7.54. The molecule has 2 aromatic rings. The fourth-order valence-electron chi connectivity index (χ4n) is 2.10. The molecule has 0 saturated heterocycles. The van der Waals surface area contributed by atoms with E-state index >= 15 is 0 Å². The van der Waals surface area contributed by atoms with Gasteiger partial charge in [0.15, 0.2) is 0 Å². The molecular formula is C16H13ClINO. The van der Waals surface area contributed by atoms with Crippen molar-refractivity contribution in [2.24, 2.45) is 0 Å². The summed E-state index contributed by atoms with van der Waals surface area (Å²) in [7, 11) is 1.62. The van der Waals surface area contributed by atoms with Gasteiger partial charge >= 0.3 is 0 Å². The molecule has 0 saturated carbocycles. The molecule has 0 aliphatic carbocycles. The Morgan fingerprint density at radius 1 is 1.05 bits per heavy atom. The zero-order valence-corrected chi connectivity index (χ0v) is 13.8. The molecule has 0 fully saturated rings. The van der Waals surface area contributed by atoms with Gasteiger partial charge in [0, 0.05) is 15.7 Å². The zero-order chi connectivity index (χ0) is 14.5. The SMILES string of the molecule is COC(c1ccc(Cl)cc1)C(C#N)c1ccc(I)cc1. The molecule has 2 aromatic carbocycles. The molecule has 2 rings (SSSR count). The summed E-state index contributed by atoms with van der Waals surface area (Å²) < 4.78 is 6.69. The number of benzene rings is 2. The van der Waals surface area contributed by atoms with E-state index in [9.17, 15) is 5.26 Å². The number of nitriles is 1. The molecule has 0 amide bonds. The van der Waals surface area contributed by atoms with E-state index in [-0.39, 0.29) is 12.0 Å². The predicted octanol–water partition coefficient (Wildman–Crippen LogP) is 4.94. The molecule has 0 aromatic heterocycles. The lowest BCUT2D eigenvalue weighted by Gasteiger charge is -2.21. The van der Waals surface area contributed by atoms with Gasteiger partial charge in [0.05, 0.1) is 6.07 Å². The molecule has 0 spiro atoms. The van der Waals surface area contributed by atoms with Crippen molar-refractivity contribution in [3.8, 4) is 6.07 Å². The highest BCUT2D eigenvalue weighted by Gasteiger charge is 2.24. The van der Waals surface area contributed by atoms with Crippen LogP contribution in [0.15, 0.2) is 48.5 Å². The number of halogens is 2. The molecule has 20 heavy (non-hydrogen) atoms. The minimum absolute atomic E-state index is 0.308. The lowest BCUT2D eigenvalue weighted by atomic mass is 9.90. The molecule has 102 valence electrons. The topological polar surface area (TPSA) is 33.0 Å². The molecule has 2 unspecified atom stereocenters. The lowest BCUT2D eigenvalue weighted by molar-refractivity contribution is 0.0929. The van der Waals surface area contributed by atoms with E-state index in [1.807, 2.05) is 48.5 Å². The van der Waals surface area contributed by atoms with Crippen molar-refractivity contribution in [1.29, 1.82) is 5.26 Å². The molecule has 0 bridgehead atoms. The minimum atomic E-state index is -0.349. The van der Waals surface area contributed by atoms with Crippen molar-refractivity contribution in [3.05, 3.63) is 68.3 Å². The van der Waals surface area contributed by atoms with Crippen molar-refractivity contribution in [3.63, 3.8) is 0 Å². The number of ether oxygens (including phenoxy) is 1. The van der Waals surface area contributed by atoms with Gasteiger partial charge < -0.3 is 4.74 Å². The molecule has 0 N–H and O–H groups in total. The van der Waals surface area contributed by atoms with E-state index in [0.29, 0.717) is 5.02 Å². The van der Waals surface area contributed by atoms with Gasteiger partial charge in [-0.05, 0) is 58.0 Å². The zero-order valence-electron chi connectivity index (χ0n) is 10.9. The van der Waals surface area contributed by atoms with Gasteiger partial charge in [0.2, 0.25) is 0 Å². The number of methoxy groups -OCH3 is 1. The summed E-state index contributed by atoms with van der Waals surface area (Å²) in [5, 5.41) is 10.2. The Kier molecular flexibility index (Phi) is 5.41. The van der Waals surface area contributed by atoms with Crippen LogP contribution in [-0.2, 0) is 4.74 Å². The van der Waals surface area contributed by atoms with Gasteiger partial charge in [0.25, 0.3) is 0 Å². The fourth-order valence-corrected chi connectivity index (χ4v) is 2.59. The van der Waals surface area contributed by atoms with Gasteiger partial charge in [0.1, 0.15) is 12.0 Å². The van der Waals surface area contributed by atoms with Crippen molar-refractivity contribution in [1.82, 2.24) is 0 Å². The van der Waals surface area contributed by atoms with Crippen molar-refractivity contribution in [2.45, 2.75) is 12.0 Å². The summed E-state index contributed by atoms with van der Waals surface area (Å²) in [5.41, 5.74) is 1.90. The summed E-state index contributed by atoms with van der Waals surface area (Å²) in [6.07, 6.45) is -0.308. The summed E-state index contributed by atoms with van der Waals surface area (Å²) >= 11 is 8.15. The number of nitrogens with zero attached hydrogens (tertiary/aromatic N) is 1. The average Bonchev–Trinajstić information content (AvgIpc) is 2.47. The molecule has 4 heteroatoms. The molecule has 0 heterocycles. The van der Waals surface area contributed by atoms with E-state index in [1.54, 1.807) is 7.11 Å². The van der Waals surface area contributed by atoms with Crippen molar-refractivity contribution < 1.29 is 4.74 Å². The highest BCUT2D eigenvalue weighted by atomic mass is 127. The van der Waals surface area contributed by atoms with Crippen LogP contribution in [0.4, 0.5) is 0 Å². The third-order valence-electron chi connectivity index (χ3n) is 3.12. The van der Waals surface area contributed by atoms with E-state index in [0.717, 1.165) is 14.7 Å². The first-order valence-electron chi connectivity index (χ1n) is 6.09. The van der Waals surface area contributed by atoms with Crippen LogP contribution in [0.3, 0.4) is 0 Å². The van der Waals surface area contributed by atoms with Crippen LogP contribution in [0.2, 0.25) is 5.02 Å². The Labute approximate surface area is 137 Å². The first-order chi connectivity index (χ1) is 9.65. The van der Waals surface area contributed by atoms with Crippen LogP contribution in [0.1, 0.15) is 23.1 Å². The largest absolute Gasteiger partial charge is 0.375 e. The Morgan fingerprint density at radius 3 is 2.10 bits per heavy atom. The summed E-state index contributed by atoms with van der Waals surface area (Å²) in [5.74, 6) is -0.349. The van der Waals surface area contributed by atoms with Crippen LogP contribution in [-0.4, -0.2) is 7.11 Å². The highest BCUT2D eigenvalue weighted by molar-refractivity contribution is 14.1. The third kappa shape index (κ3) is 3.51. The van der Waals surface area contributed by atoms with E-state index < -0.39 is 0 Å². The normalized spacial score (nSPS) is 13.5. The minimum Gasteiger partial charge on any atom is -0.375 e. The second kappa shape index (κ2) is 7.07. The van der Waals surface area contributed by atoms with Crippen molar-refractivity contribution in [2.75, 3.05) is 7.11 Å². The van der Waals surface area contributed by atoms with Crippen LogP contribution in [0, 0.1) is 14.9 Å². The third-order valence-corrected chi connectivity index (χ3v) is 4.09. The Balaban J connectivity index is 2.35. The van der Waals surface area contributed by atoms with Crippen LogP contribution in [0.25, 0.3) is 0 Å². The van der Waals surface area contributed by atoms with Crippen LogP contribution >= 0.6 is 34.2 Å². The van der Waals surface area contributed by atoms with Gasteiger partial charge in [-0.2, -0.15) is 5.26 Å². The molecule has 0 radical (unpaired) electrons. The van der Waals surface area contributed by atoms with E-state index in [2.05, 4.69) is 28.7 Å². The molecule has 0 aliphatic rings. The van der Waals surface area contributed by atoms with Gasteiger partial charge in [-0.1, -0.05) is 35.9 Å². The highest BCUT2D eigenvalue weighted by Crippen LogP contribution is 2.33. The second-order valence-electron chi connectivity index (χ2n) is 4.37. The summed E-state index contributed by atoms with van der Waals surface area (Å²) in [6.45, 7) is 0. The molecular weight excluding hydrogens is 385 g/mol. The predicted molar refractivity (Wildman–Crippen MR) is 88.7 cm³/mol. The van der Waals surface area contributed by atoms with E-state index in [1.165, 1.54) is 0 Å².